The van der Waals surface area contributed by atoms with Crippen LogP contribution in [-0.4, -0.2) is 17.5 Å². The molecule has 2 rings (SSSR count). The van der Waals surface area contributed by atoms with Crippen molar-refractivity contribution in [3.63, 3.8) is 0 Å². The van der Waals surface area contributed by atoms with Crippen molar-refractivity contribution in [2.24, 2.45) is 0 Å². The maximum Gasteiger partial charge on any atom is 0.387 e. The summed E-state index contributed by atoms with van der Waals surface area (Å²) in [4.78, 5) is 16.9. The van der Waals surface area contributed by atoms with Crippen molar-refractivity contribution >= 4 is 17.2 Å². The van der Waals surface area contributed by atoms with Crippen LogP contribution in [0.1, 0.15) is 46.8 Å². The minimum absolute atomic E-state index is 0.111. The molecule has 0 saturated heterocycles. The molecule has 24 heavy (non-hydrogen) atoms. The van der Waals surface area contributed by atoms with E-state index >= 15 is 0 Å². The Morgan fingerprint density at radius 3 is 2.46 bits per heavy atom. The molecular formula is C17H20F2N2O2S. The molecule has 1 atom stereocenters. The Hall–Kier alpha value is -2.02. The number of ether oxygens (including phenoxy) is 1. The number of carbonyl (C=O) groups excluding carboxylic acids is 1. The van der Waals surface area contributed by atoms with Crippen LogP contribution in [0, 0.1) is 13.8 Å². The van der Waals surface area contributed by atoms with E-state index < -0.39 is 12.2 Å². The van der Waals surface area contributed by atoms with Gasteiger partial charge in [-0.2, -0.15) is 8.78 Å². The van der Waals surface area contributed by atoms with Crippen molar-refractivity contribution in [2.45, 2.75) is 46.3 Å². The van der Waals surface area contributed by atoms with Crippen molar-refractivity contribution in [1.82, 2.24) is 10.3 Å². The predicted octanol–water partition coefficient (Wildman–Crippen LogP) is 4.42. The van der Waals surface area contributed by atoms with E-state index in [1.54, 1.807) is 32.2 Å². The number of hydrogen-bond acceptors (Lipinski definition) is 4. The smallest absolute Gasteiger partial charge is 0.387 e. The maximum absolute atomic E-state index is 12.6. The molecule has 1 heterocycles. The molecule has 0 radical (unpaired) electrons. The largest absolute Gasteiger partial charge is 0.434 e. The number of alkyl halides is 2. The first kappa shape index (κ1) is 18.3. The first-order chi connectivity index (χ1) is 11.3. The van der Waals surface area contributed by atoms with Gasteiger partial charge < -0.3 is 10.1 Å². The zero-order chi connectivity index (χ0) is 17.9. The molecule has 1 N–H and O–H groups in total. The lowest BCUT2D eigenvalue weighted by Gasteiger charge is -2.27. The van der Waals surface area contributed by atoms with Gasteiger partial charge in [0.15, 0.2) is 0 Å². The Labute approximate surface area is 143 Å². The molecule has 0 bridgehead atoms. The number of benzene rings is 1. The van der Waals surface area contributed by atoms with E-state index in [0.717, 1.165) is 5.01 Å². The molecule has 0 fully saturated rings. The molecule has 1 amide bonds. The molecule has 2 aromatic rings. The molecule has 0 aliphatic heterocycles. The van der Waals surface area contributed by atoms with Crippen molar-refractivity contribution < 1.29 is 18.3 Å². The van der Waals surface area contributed by atoms with E-state index in [0.29, 0.717) is 23.1 Å². The summed E-state index contributed by atoms with van der Waals surface area (Å²) in [6, 6.07) is 3.11. The van der Waals surface area contributed by atoms with E-state index in [1.807, 2.05) is 19.2 Å². The highest BCUT2D eigenvalue weighted by Gasteiger charge is 2.30. The summed E-state index contributed by atoms with van der Waals surface area (Å²) in [5.41, 5.74) is 0.814. The van der Waals surface area contributed by atoms with Crippen molar-refractivity contribution in [2.75, 3.05) is 0 Å². The number of aryl methyl sites for hydroxylation is 2. The lowest BCUT2D eigenvalue weighted by Crippen LogP contribution is -2.43. The van der Waals surface area contributed by atoms with E-state index in [-0.39, 0.29) is 11.7 Å². The van der Waals surface area contributed by atoms with Crippen LogP contribution in [0.25, 0.3) is 0 Å². The van der Waals surface area contributed by atoms with E-state index in [2.05, 4.69) is 15.0 Å². The second-order valence-corrected chi connectivity index (χ2v) is 6.69. The monoisotopic (exact) mass is 354 g/mol. The average Bonchev–Trinajstić information content (AvgIpc) is 3.05. The first-order valence-electron chi connectivity index (χ1n) is 7.55. The van der Waals surface area contributed by atoms with Crippen LogP contribution in [0.5, 0.6) is 5.75 Å². The molecule has 1 unspecified atom stereocenters. The Bertz CT molecular complexity index is 696. The first-order valence-corrected chi connectivity index (χ1v) is 8.43. The number of rotatable bonds is 6. The second kappa shape index (κ2) is 7.25. The summed E-state index contributed by atoms with van der Waals surface area (Å²) in [7, 11) is 0. The maximum atomic E-state index is 12.6. The number of nitrogens with one attached hydrogen (secondary N) is 1. The zero-order valence-corrected chi connectivity index (χ0v) is 14.8. The summed E-state index contributed by atoms with van der Waals surface area (Å²) in [5, 5.41) is 5.68. The van der Waals surface area contributed by atoms with Gasteiger partial charge in [0.1, 0.15) is 10.8 Å². The number of aromatic nitrogens is 1. The number of halogens is 2. The van der Waals surface area contributed by atoms with Crippen LogP contribution in [0.2, 0.25) is 0 Å². The van der Waals surface area contributed by atoms with Gasteiger partial charge in [0.25, 0.3) is 5.91 Å². The van der Waals surface area contributed by atoms with Crippen molar-refractivity contribution in [3.8, 4) is 5.75 Å². The molecule has 0 saturated carbocycles. The van der Waals surface area contributed by atoms with Crippen molar-refractivity contribution in [3.05, 3.63) is 45.4 Å². The van der Waals surface area contributed by atoms with Crippen LogP contribution < -0.4 is 10.1 Å². The van der Waals surface area contributed by atoms with Gasteiger partial charge in [0.2, 0.25) is 0 Å². The highest BCUT2D eigenvalue weighted by Crippen LogP contribution is 2.29. The number of nitrogens with zero attached hydrogens (tertiary/aromatic N) is 1. The summed E-state index contributed by atoms with van der Waals surface area (Å²) in [5.74, 6) is -0.163. The van der Waals surface area contributed by atoms with E-state index in [1.165, 1.54) is 11.3 Å². The Kier molecular flexibility index (Phi) is 5.54. The molecular weight excluding hydrogens is 334 g/mol. The second-order valence-electron chi connectivity index (χ2n) is 5.79. The van der Waals surface area contributed by atoms with Crippen LogP contribution in [0.15, 0.2) is 23.7 Å². The molecule has 0 aliphatic rings. The molecule has 4 nitrogen and oxygen atoms in total. The molecule has 0 aliphatic carbocycles. The minimum atomic E-state index is -2.89. The summed E-state index contributed by atoms with van der Waals surface area (Å²) < 4.78 is 29.4. The Balaban J connectivity index is 2.27. The predicted molar refractivity (Wildman–Crippen MR) is 89.8 cm³/mol. The van der Waals surface area contributed by atoms with Gasteiger partial charge in [0, 0.05) is 17.1 Å². The molecule has 7 heteroatoms. The number of carbonyl (C=O) groups is 1. The molecule has 0 spiro atoms. The van der Waals surface area contributed by atoms with E-state index in [4.69, 9.17) is 0 Å². The van der Waals surface area contributed by atoms with Crippen LogP contribution in [0.3, 0.4) is 0 Å². The third-order valence-corrected chi connectivity index (χ3v) is 4.97. The summed E-state index contributed by atoms with van der Waals surface area (Å²) >= 11 is 1.48. The van der Waals surface area contributed by atoms with Gasteiger partial charge in [-0.25, -0.2) is 4.98 Å². The van der Waals surface area contributed by atoms with E-state index in [9.17, 15) is 13.6 Å². The standard InChI is InChI=1S/C17H20F2N2O2S/c1-5-17(4,15-20-6-7-24-15)21-14(22)12-8-10(2)13(11(3)9-12)23-16(18)19/h6-9,16H,5H2,1-4H3,(H,21,22). The fraction of sp³-hybridized carbons (Fsp3) is 0.412. The Morgan fingerprint density at radius 1 is 1.38 bits per heavy atom. The van der Waals surface area contributed by atoms with Gasteiger partial charge in [-0.1, -0.05) is 6.92 Å². The normalized spacial score (nSPS) is 13.6. The van der Waals surface area contributed by atoms with Gasteiger partial charge >= 0.3 is 6.61 Å². The third-order valence-electron chi connectivity index (χ3n) is 3.93. The summed E-state index contributed by atoms with van der Waals surface area (Å²) in [6.07, 6.45) is 2.38. The number of thiazole rings is 1. The molecule has 130 valence electrons. The van der Waals surface area contributed by atoms with Crippen molar-refractivity contribution in [1.29, 1.82) is 0 Å². The lowest BCUT2D eigenvalue weighted by atomic mass is 9.98. The van der Waals surface area contributed by atoms with Crippen LogP contribution >= 0.6 is 11.3 Å². The fourth-order valence-electron chi connectivity index (χ4n) is 2.47. The minimum Gasteiger partial charge on any atom is -0.434 e. The number of hydrogen-bond donors (Lipinski definition) is 1. The van der Waals surface area contributed by atoms with Crippen LogP contribution in [-0.2, 0) is 5.54 Å². The molecule has 1 aromatic carbocycles. The van der Waals surface area contributed by atoms with Gasteiger partial charge in [-0.15, -0.1) is 11.3 Å². The highest BCUT2D eigenvalue weighted by molar-refractivity contribution is 7.09. The lowest BCUT2D eigenvalue weighted by molar-refractivity contribution is -0.0507. The summed E-state index contributed by atoms with van der Waals surface area (Å²) in [6.45, 7) is 4.27. The fourth-order valence-corrected chi connectivity index (χ4v) is 3.30. The van der Waals surface area contributed by atoms with Gasteiger partial charge in [-0.3, -0.25) is 4.79 Å². The average molecular weight is 354 g/mol. The van der Waals surface area contributed by atoms with Gasteiger partial charge in [0.05, 0.1) is 5.54 Å². The number of amides is 1. The zero-order valence-electron chi connectivity index (χ0n) is 14.0. The van der Waals surface area contributed by atoms with Crippen LogP contribution in [0.4, 0.5) is 8.78 Å². The highest BCUT2D eigenvalue weighted by atomic mass is 32.1. The topological polar surface area (TPSA) is 51.2 Å². The molecule has 1 aromatic heterocycles. The third kappa shape index (κ3) is 3.90. The Morgan fingerprint density at radius 2 is 2.00 bits per heavy atom. The SMILES string of the molecule is CCC(C)(NC(=O)c1cc(C)c(OC(F)F)c(C)c1)c1nccs1. The van der Waals surface area contributed by atoms with Gasteiger partial charge in [-0.05, 0) is 50.5 Å². The quantitative estimate of drug-likeness (QED) is 0.836.